The number of rotatable bonds is 1. The largest absolute Gasteiger partial charge is 0.394 e. The number of piperidine rings is 1. The van der Waals surface area contributed by atoms with Gasteiger partial charge in [0.25, 0.3) is 0 Å². The van der Waals surface area contributed by atoms with Crippen molar-refractivity contribution in [3.63, 3.8) is 0 Å². The van der Waals surface area contributed by atoms with E-state index in [1.54, 1.807) is 6.20 Å². The summed E-state index contributed by atoms with van der Waals surface area (Å²) in [6, 6.07) is 0.479. The van der Waals surface area contributed by atoms with Gasteiger partial charge in [0.1, 0.15) is 0 Å². The van der Waals surface area contributed by atoms with E-state index in [0.29, 0.717) is 11.7 Å². The molecule has 0 spiro atoms. The van der Waals surface area contributed by atoms with E-state index in [4.69, 9.17) is 17.3 Å². The average molecular weight is 227 g/mol. The first kappa shape index (κ1) is 10.5. The van der Waals surface area contributed by atoms with E-state index in [0.717, 1.165) is 12.4 Å². The Morgan fingerprint density at radius 3 is 3.07 bits per heavy atom. The highest BCUT2D eigenvalue weighted by molar-refractivity contribution is 6.28. The summed E-state index contributed by atoms with van der Waals surface area (Å²) in [5, 5.41) is 0.261. The number of anilines is 2. The average Bonchev–Trinajstić information content (AvgIpc) is 2.23. The molecule has 82 valence electrons. The van der Waals surface area contributed by atoms with Crippen LogP contribution in [0.25, 0.3) is 0 Å². The Hall–Kier alpha value is -1.03. The van der Waals surface area contributed by atoms with E-state index in [-0.39, 0.29) is 5.28 Å². The zero-order chi connectivity index (χ0) is 10.8. The normalized spacial score (nSPS) is 21.7. The second kappa shape index (κ2) is 4.23. The predicted octanol–water partition coefficient (Wildman–Crippen LogP) is 2.09. The first-order valence-electron chi connectivity index (χ1n) is 5.23. The fourth-order valence-corrected chi connectivity index (χ4v) is 2.13. The van der Waals surface area contributed by atoms with Gasteiger partial charge in [0.05, 0.1) is 11.9 Å². The summed E-state index contributed by atoms with van der Waals surface area (Å²) in [4.78, 5) is 10.3. The summed E-state index contributed by atoms with van der Waals surface area (Å²) in [7, 11) is 0. The van der Waals surface area contributed by atoms with Gasteiger partial charge in [-0.15, -0.1) is 0 Å². The number of hydrogen-bond acceptors (Lipinski definition) is 4. The van der Waals surface area contributed by atoms with Crippen molar-refractivity contribution < 1.29 is 0 Å². The minimum Gasteiger partial charge on any atom is -0.394 e. The Kier molecular flexibility index (Phi) is 2.95. The Balaban J connectivity index is 2.30. The van der Waals surface area contributed by atoms with Crippen LogP contribution < -0.4 is 10.6 Å². The van der Waals surface area contributed by atoms with Crippen LogP contribution in [-0.4, -0.2) is 22.6 Å². The standard InChI is InChI=1S/C10H15ClN4/c1-7-4-2-3-5-15(7)9-8(12)6-13-10(11)14-9/h6-7H,2-5,12H2,1H3. The molecule has 1 unspecified atom stereocenters. The van der Waals surface area contributed by atoms with Crippen molar-refractivity contribution in [1.29, 1.82) is 0 Å². The lowest BCUT2D eigenvalue weighted by atomic mass is 10.0. The van der Waals surface area contributed by atoms with Gasteiger partial charge in [0, 0.05) is 12.6 Å². The van der Waals surface area contributed by atoms with Crippen LogP contribution in [0.2, 0.25) is 5.28 Å². The third-order valence-electron chi connectivity index (χ3n) is 2.84. The summed E-state index contributed by atoms with van der Waals surface area (Å²) < 4.78 is 0. The van der Waals surface area contributed by atoms with Crippen LogP contribution in [0.15, 0.2) is 6.20 Å². The predicted molar refractivity (Wildman–Crippen MR) is 62.1 cm³/mol. The molecule has 2 heterocycles. The number of aromatic nitrogens is 2. The van der Waals surface area contributed by atoms with Crippen LogP contribution in [0.5, 0.6) is 0 Å². The van der Waals surface area contributed by atoms with Gasteiger partial charge in [-0.25, -0.2) is 4.98 Å². The van der Waals surface area contributed by atoms with Gasteiger partial charge in [-0.05, 0) is 37.8 Å². The van der Waals surface area contributed by atoms with Crippen LogP contribution in [0, 0.1) is 0 Å². The molecule has 0 aromatic carbocycles. The molecule has 0 amide bonds. The minimum atomic E-state index is 0.261. The molecular weight excluding hydrogens is 212 g/mol. The fraction of sp³-hybridized carbons (Fsp3) is 0.600. The van der Waals surface area contributed by atoms with E-state index in [1.807, 2.05) is 0 Å². The van der Waals surface area contributed by atoms with Crippen LogP contribution in [0.3, 0.4) is 0 Å². The highest BCUT2D eigenvalue weighted by Crippen LogP contribution is 2.27. The first-order valence-corrected chi connectivity index (χ1v) is 5.61. The molecule has 0 bridgehead atoms. The molecule has 1 saturated heterocycles. The van der Waals surface area contributed by atoms with E-state index in [2.05, 4.69) is 21.8 Å². The molecular formula is C10H15ClN4. The fourth-order valence-electron chi connectivity index (χ4n) is 2.00. The molecule has 2 N–H and O–H groups in total. The quantitative estimate of drug-likeness (QED) is 0.745. The molecule has 5 heteroatoms. The molecule has 2 rings (SSSR count). The molecule has 0 aliphatic carbocycles. The summed E-state index contributed by atoms with van der Waals surface area (Å²) in [6.07, 6.45) is 5.22. The van der Waals surface area contributed by atoms with Gasteiger partial charge in [0.2, 0.25) is 5.28 Å². The maximum Gasteiger partial charge on any atom is 0.224 e. The zero-order valence-electron chi connectivity index (χ0n) is 8.78. The number of nitrogens with zero attached hydrogens (tertiary/aromatic N) is 3. The molecule has 1 aliphatic heterocycles. The van der Waals surface area contributed by atoms with Crippen molar-refractivity contribution in [2.24, 2.45) is 0 Å². The summed E-state index contributed by atoms with van der Waals surface area (Å²) in [6.45, 7) is 3.19. The summed E-state index contributed by atoms with van der Waals surface area (Å²) >= 11 is 5.78. The van der Waals surface area contributed by atoms with Gasteiger partial charge in [-0.3, -0.25) is 0 Å². The van der Waals surface area contributed by atoms with E-state index < -0.39 is 0 Å². The lowest BCUT2D eigenvalue weighted by Crippen LogP contribution is -2.38. The zero-order valence-corrected chi connectivity index (χ0v) is 9.54. The monoisotopic (exact) mass is 226 g/mol. The van der Waals surface area contributed by atoms with Gasteiger partial charge >= 0.3 is 0 Å². The van der Waals surface area contributed by atoms with Crippen LogP contribution >= 0.6 is 11.6 Å². The number of nitrogens with two attached hydrogens (primary N) is 1. The second-order valence-corrected chi connectivity index (χ2v) is 4.29. The van der Waals surface area contributed by atoms with Gasteiger partial charge in [-0.2, -0.15) is 4.98 Å². The Labute approximate surface area is 94.5 Å². The van der Waals surface area contributed by atoms with Crippen molar-refractivity contribution in [1.82, 2.24) is 9.97 Å². The second-order valence-electron chi connectivity index (χ2n) is 3.96. The molecule has 1 aliphatic rings. The SMILES string of the molecule is CC1CCCCN1c1nc(Cl)ncc1N. The van der Waals surface area contributed by atoms with Crippen LogP contribution in [0.4, 0.5) is 11.5 Å². The van der Waals surface area contributed by atoms with E-state index >= 15 is 0 Å². The third kappa shape index (κ3) is 2.15. The highest BCUT2D eigenvalue weighted by atomic mass is 35.5. The first-order chi connectivity index (χ1) is 7.18. The molecule has 15 heavy (non-hydrogen) atoms. The molecule has 1 aromatic heterocycles. The Bertz CT molecular complexity index is 355. The number of nitrogen functional groups attached to an aromatic ring is 1. The topological polar surface area (TPSA) is 55.0 Å². The van der Waals surface area contributed by atoms with Crippen molar-refractivity contribution in [2.45, 2.75) is 32.2 Å². The van der Waals surface area contributed by atoms with Gasteiger partial charge < -0.3 is 10.6 Å². The number of hydrogen-bond donors (Lipinski definition) is 1. The molecule has 0 saturated carbocycles. The number of halogens is 1. The third-order valence-corrected chi connectivity index (χ3v) is 3.02. The Morgan fingerprint density at radius 2 is 2.33 bits per heavy atom. The lowest BCUT2D eigenvalue weighted by Gasteiger charge is -2.34. The van der Waals surface area contributed by atoms with Crippen molar-refractivity contribution >= 4 is 23.1 Å². The van der Waals surface area contributed by atoms with E-state index in [1.165, 1.54) is 19.3 Å². The van der Waals surface area contributed by atoms with Crippen LogP contribution in [0.1, 0.15) is 26.2 Å². The smallest absolute Gasteiger partial charge is 0.224 e. The highest BCUT2D eigenvalue weighted by Gasteiger charge is 2.21. The minimum absolute atomic E-state index is 0.261. The molecule has 1 aromatic rings. The van der Waals surface area contributed by atoms with Crippen molar-refractivity contribution in [3.05, 3.63) is 11.5 Å². The Morgan fingerprint density at radius 1 is 1.53 bits per heavy atom. The summed E-state index contributed by atoms with van der Waals surface area (Å²) in [5.74, 6) is 0.780. The van der Waals surface area contributed by atoms with Crippen LogP contribution in [-0.2, 0) is 0 Å². The van der Waals surface area contributed by atoms with Crippen molar-refractivity contribution in [3.8, 4) is 0 Å². The molecule has 1 atom stereocenters. The molecule has 4 nitrogen and oxygen atoms in total. The molecule has 1 fully saturated rings. The summed E-state index contributed by atoms with van der Waals surface area (Å²) in [5.41, 5.74) is 6.46. The van der Waals surface area contributed by atoms with Gasteiger partial charge in [-0.1, -0.05) is 0 Å². The molecule has 0 radical (unpaired) electrons. The lowest BCUT2D eigenvalue weighted by molar-refractivity contribution is 0.481. The van der Waals surface area contributed by atoms with E-state index in [9.17, 15) is 0 Å². The maximum absolute atomic E-state index is 5.86. The maximum atomic E-state index is 5.86. The van der Waals surface area contributed by atoms with Gasteiger partial charge in [0.15, 0.2) is 5.82 Å². The van der Waals surface area contributed by atoms with Crippen molar-refractivity contribution in [2.75, 3.05) is 17.2 Å².